The highest BCUT2D eigenvalue weighted by molar-refractivity contribution is 6.15. The van der Waals surface area contributed by atoms with Crippen molar-refractivity contribution >= 4 is 23.4 Å². The van der Waals surface area contributed by atoms with Crippen LogP contribution in [0.4, 0.5) is 5.69 Å². The minimum atomic E-state index is -1.36. The fraction of sp³-hybridized carbons (Fsp3) is 0.550. The molecule has 3 amide bonds. The van der Waals surface area contributed by atoms with E-state index in [0.29, 0.717) is 11.3 Å². The van der Waals surface area contributed by atoms with Crippen molar-refractivity contribution in [3.8, 4) is 0 Å². The first kappa shape index (κ1) is 19.0. The molecule has 8 nitrogen and oxygen atoms in total. The topological polar surface area (TPSA) is 108 Å². The number of aliphatic hydroxyl groups is 1. The van der Waals surface area contributed by atoms with Crippen LogP contribution in [0.5, 0.6) is 0 Å². The Hall–Kier alpha value is -2.29. The van der Waals surface area contributed by atoms with E-state index in [-0.39, 0.29) is 25.0 Å². The molecule has 0 radical (unpaired) electrons. The van der Waals surface area contributed by atoms with Crippen LogP contribution in [0.1, 0.15) is 25.0 Å². The van der Waals surface area contributed by atoms with E-state index in [1.807, 2.05) is 25.1 Å². The molecule has 2 fully saturated rings. The van der Waals surface area contributed by atoms with E-state index < -0.39 is 35.4 Å². The normalized spacial score (nSPS) is 32.1. The Balaban J connectivity index is 1.87. The first-order valence-corrected chi connectivity index (χ1v) is 9.62. The van der Waals surface area contributed by atoms with Crippen molar-refractivity contribution in [2.75, 3.05) is 25.6 Å². The molecule has 3 N–H and O–H groups in total. The molecule has 1 aromatic carbocycles. The molecule has 5 atom stereocenters. The van der Waals surface area contributed by atoms with E-state index >= 15 is 0 Å². The summed E-state index contributed by atoms with van der Waals surface area (Å²) in [6, 6.07) is 4.91. The summed E-state index contributed by atoms with van der Waals surface area (Å²) in [7, 11) is 1.50. The number of nitrogens with one attached hydrogen (secondary N) is 2. The highest BCUT2D eigenvalue weighted by atomic mass is 16.5. The molecule has 0 aromatic heterocycles. The van der Waals surface area contributed by atoms with Crippen molar-refractivity contribution in [3.05, 3.63) is 29.3 Å². The molecule has 3 unspecified atom stereocenters. The molecule has 3 aliphatic rings. The number of hydrogen-bond acceptors (Lipinski definition) is 6. The van der Waals surface area contributed by atoms with Gasteiger partial charge in [0.25, 0.3) is 0 Å². The molecule has 1 spiro atoms. The number of para-hydroxylation sites is 1. The van der Waals surface area contributed by atoms with E-state index in [2.05, 4.69) is 10.6 Å². The first-order chi connectivity index (χ1) is 13.4. The molecule has 3 heterocycles. The van der Waals surface area contributed by atoms with Crippen molar-refractivity contribution in [2.24, 2.45) is 11.8 Å². The molecule has 4 rings (SSSR count). The summed E-state index contributed by atoms with van der Waals surface area (Å²) in [6.07, 6.45) is -0.183. The van der Waals surface area contributed by atoms with Gasteiger partial charge in [-0.15, -0.1) is 0 Å². The lowest BCUT2D eigenvalue weighted by Gasteiger charge is -2.30. The van der Waals surface area contributed by atoms with Crippen LogP contribution in [0.3, 0.4) is 0 Å². The zero-order valence-electron chi connectivity index (χ0n) is 16.2. The number of benzene rings is 1. The van der Waals surface area contributed by atoms with Gasteiger partial charge in [-0.05, 0) is 18.9 Å². The average molecular weight is 387 g/mol. The van der Waals surface area contributed by atoms with E-state index in [9.17, 15) is 19.5 Å². The number of anilines is 1. The second kappa shape index (κ2) is 6.65. The quantitative estimate of drug-likeness (QED) is 0.614. The molecule has 150 valence electrons. The lowest BCUT2D eigenvalue weighted by Crippen LogP contribution is -2.55. The minimum Gasteiger partial charge on any atom is -0.392 e. The molecular weight excluding hydrogens is 362 g/mol. The Morgan fingerprint density at radius 2 is 2.04 bits per heavy atom. The fourth-order valence-electron chi connectivity index (χ4n) is 4.99. The van der Waals surface area contributed by atoms with Crippen LogP contribution in [0, 0.1) is 11.8 Å². The number of rotatable bonds is 5. The number of carbonyl (C=O) groups excluding carboxylic acids is 3. The molecule has 0 bridgehead atoms. The van der Waals surface area contributed by atoms with E-state index in [0.717, 1.165) is 12.0 Å². The highest BCUT2D eigenvalue weighted by Crippen LogP contribution is 2.53. The van der Waals surface area contributed by atoms with Gasteiger partial charge in [-0.1, -0.05) is 25.1 Å². The molecule has 0 saturated carbocycles. The van der Waals surface area contributed by atoms with Gasteiger partial charge in [0, 0.05) is 24.4 Å². The summed E-state index contributed by atoms with van der Waals surface area (Å²) in [5.74, 6) is -2.81. The number of aryl methyl sites for hydroxylation is 1. The van der Waals surface area contributed by atoms with Crippen molar-refractivity contribution in [1.82, 2.24) is 10.2 Å². The third-order valence-electron chi connectivity index (χ3n) is 6.28. The number of methoxy groups -OCH3 is 1. The van der Waals surface area contributed by atoms with Crippen LogP contribution in [0.2, 0.25) is 0 Å². The van der Waals surface area contributed by atoms with Gasteiger partial charge >= 0.3 is 0 Å². The maximum atomic E-state index is 13.3. The maximum absolute atomic E-state index is 13.3. The van der Waals surface area contributed by atoms with Crippen LogP contribution in [0.25, 0.3) is 0 Å². The minimum absolute atomic E-state index is 0.132. The van der Waals surface area contributed by atoms with Crippen LogP contribution in [-0.2, 0) is 31.1 Å². The smallest absolute Gasteiger partial charge is 0.250 e. The number of likely N-dealkylation sites (tertiary alicyclic amines) is 1. The molecular formula is C20H25N3O5. The third-order valence-corrected chi connectivity index (χ3v) is 6.28. The lowest BCUT2D eigenvalue weighted by molar-refractivity contribution is -0.143. The van der Waals surface area contributed by atoms with Gasteiger partial charge in [-0.3, -0.25) is 24.6 Å². The predicted molar refractivity (Wildman–Crippen MR) is 100 cm³/mol. The summed E-state index contributed by atoms with van der Waals surface area (Å²) in [4.78, 5) is 40.8. The van der Waals surface area contributed by atoms with Gasteiger partial charge < -0.3 is 15.2 Å². The largest absolute Gasteiger partial charge is 0.392 e. The first-order valence-electron chi connectivity index (χ1n) is 9.62. The monoisotopic (exact) mass is 387 g/mol. The van der Waals surface area contributed by atoms with E-state index in [4.69, 9.17) is 4.74 Å². The third kappa shape index (κ3) is 2.31. The van der Waals surface area contributed by atoms with Crippen LogP contribution < -0.4 is 10.6 Å². The Morgan fingerprint density at radius 1 is 1.29 bits per heavy atom. The number of carbonyl (C=O) groups is 3. The summed E-state index contributed by atoms with van der Waals surface area (Å²) in [6.45, 7) is 3.92. The van der Waals surface area contributed by atoms with Gasteiger partial charge in [0.1, 0.15) is 5.54 Å². The summed E-state index contributed by atoms with van der Waals surface area (Å²) < 4.78 is 5.03. The van der Waals surface area contributed by atoms with Gasteiger partial charge in [0.15, 0.2) is 0 Å². The molecule has 28 heavy (non-hydrogen) atoms. The van der Waals surface area contributed by atoms with Gasteiger partial charge in [-0.2, -0.15) is 0 Å². The maximum Gasteiger partial charge on any atom is 0.250 e. The number of imide groups is 1. The van der Waals surface area contributed by atoms with E-state index in [1.54, 1.807) is 6.92 Å². The summed E-state index contributed by atoms with van der Waals surface area (Å²) in [5.41, 5.74) is 0.976. The fourth-order valence-corrected chi connectivity index (χ4v) is 4.99. The average Bonchev–Trinajstić information content (AvgIpc) is 3.26. The Labute approximate surface area is 163 Å². The molecule has 0 aliphatic carbocycles. The number of hydrogen-bond donors (Lipinski definition) is 3. The number of nitrogens with zero attached hydrogens (tertiary/aromatic N) is 1. The Bertz CT molecular complexity index is 854. The SMILES string of the molecule is CCc1cccc2c1NC(=O)C21NC(C(C)O)[C@@H]2C(=O)N(CCOC)C(=O)[C@@H]21. The molecule has 3 aliphatic heterocycles. The number of ether oxygens (including phenoxy) is 1. The molecule has 8 heteroatoms. The summed E-state index contributed by atoms with van der Waals surface area (Å²) in [5, 5.41) is 16.5. The highest BCUT2D eigenvalue weighted by Gasteiger charge is 2.71. The number of amides is 3. The second-order valence-corrected chi connectivity index (χ2v) is 7.69. The van der Waals surface area contributed by atoms with Crippen molar-refractivity contribution in [2.45, 2.75) is 38.0 Å². The van der Waals surface area contributed by atoms with Gasteiger partial charge in [0.2, 0.25) is 17.7 Å². The molecule has 1 aromatic rings. The van der Waals surface area contributed by atoms with Crippen molar-refractivity contribution in [1.29, 1.82) is 0 Å². The second-order valence-electron chi connectivity index (χ2n) is 7.69. The van der Waals surface area contributed by atoms with Crippen molar-refractivity contribution < 1.29 is 24.2 Å². The van der Waals surface area contributed by atoms with Gasteiger partial charge in [-0.25, -0.2) is 0 Å². The Morgan fingerprint density at radius 3 is 2.68 bits per heavy atom. The van der Waals surface area contributed by atoms with Crippen LogP contribution in [0.15, 0.2) is 18.2 Å². The standard InChI is InChI=1S/C20H25N3O5/c1-4-11-6-5-7-12-16(11)21-19(27)20(12)14-13(15(22-20)10(2)24)17(25)23(18(14)26)8-9-28-3/h5-7,10,13-15,22,24H,4,8-9H2,1-3H3,(H,21,27)/t10?,13-,14-,15?,20?/m1/s1. The van der Waals surface area contributed by atoms with E-state index in [1.165, 1.54) is 12.0 Å². The van der Waals surface area contributed by atoms with Crippen LogP contribution >= 0.6 is 0 Å². The zero-order chi connectivity index (χ0) is 20.2. The number of aliphatic hydroxyl groups excluding tert-OH is 1. The zero-order valence-corrected chi connectivity index (χ0v) is 16.2. The van der Waals surface area contributed by atoms with Gasteiger partial charge in [0.05, 0.1) is 31.1 Å². The predicted octanol–water partition coefficient (Wildman–Crippen LogP) is -0.00340. The number of fused-ring (bicyclic) bond motifs is 4. The van der Waals surface area contributed by atoms with Crippen molar-refractivity contribution in [3.63, 3.8) is 0 Å². The lowest BCUT2D eigenvalue weighted by atomic mass is 9.76. The van der Waals surface area contributed by atoms with Crippen LogP contribution in [-0.4, -0.2) is 60.1 Å². The Kier molecular flexibility index (Phi) is 4.52. The summed E-state index contributed by atoms with van der Waals surface area (Å²) >= 11 is 0. The molecule has 2 saturated heterocycles.